The van der Waals surface area contributed by atoms with Crippen molar-refractivity contribution in [3.63, 3.8) is 0 Å². The highest BCUT2D eigenvalue weighted by molar-refractivity contribution is 6.94. The third-order valence-corrected chi connectivity index (χ3v) is 14.1. The van der Waals surface area contributed by atoms with Crippen molar-refractivity contribution in [3.05, 3.63) is 151 Å². The van der Waals surface area contributed by atoms with Gasteiger partial charge in [0.2, 0.25) is 0 Å². The molecule has 5 nitrogen and oxygen atoms in total. The van der Waals surface area contributed by atoms with Gasteiger partial charge in [0.25, 0.3) is 0 Å². The van der Waals surface area contributed by atoms with Gasteiger partial charge in [0.1, 0.15) is 33.5 Å². The Morgan fingerprint density at radius 3 is 1.69 bits per heavy atom. The van der Waals surface area contributed by atoms with Gasteiger partial charge in [-0.1, -0.05) is 114 Å². The minimum atomic E-state index is -0.168. The second-order valence-corrected chi connectivity index (χ2v) is 19.7. The van der Waals surface area contributed by atoms with E-state index in [2.05, 4.69) is 184 Å². The van der Waals surface area contributed by atoms with Crippen LogP contribution in [0.25, 0.3) is 104 Å². The lowest BCUT2D eigenvalue weighted by Crippen LogP contribution is -2.60. The maximum Gasteiger partial charge on any atom is 0.333 e. The minimum Gasteiger partial charge on any atom is -0.456 e. The molecular formula is C56H41BN2O3. The van der Waals surface area contributed by atoms with E-state index >= 15 is 0 Å². The van der Waals surface area contributed by atoms with Crippen molar-refractivity contribution in [3.8, 4) is 16.8 Å². The Kier molecular flexibility index (Phi) is 6.34. The Labute approximate surface area is 357 Å². The van der Waals surface area contributed by atoms with Crippen molar-refractivity contribution >= 4 is 117 Å². The summed E-state index contributed by atoms with van der Waals surface area (Å²) in [6.45, 7) is 13.5. The summed E-state index contributed by atoms with van der Waals surface area (Å²) in [5.74, 6) is 0. The van der Waals surface area contributed by atoms with E-state index in [1.165, 1.54) is 43.9 Å². The van der Waals surface area contributed by atoms with E-state index in [4.69, 9.17) is 13.3 Å². The largest absolute Gasteiger partial charge is 0.456 e. The van der Waals surface area contributed by atoms with Crippen molar-refractivity contribution in [1.82, 2.24) is 4.57 Å². The van der Waals surface area contributed by atoms with Crippen molar-refractivity contribution < 1.29 is 13.3 Å². The van der Waals surface area contributed by atoms with Gasteiger partial charge in [-0.05, 0) is 99.1 Å². The summed E-state index contributed by atoms with van der Waals surface area (Å²) in [5, 5.41) is 9.17. The van der Waals surface area contributed by atoms with Crippen LogP contribution in [0.2, 0.25) is 0 Å². The van der Waals surface area contributed by atoms with Crippen molar-refractivity contribution in [2.45, 2.75) is 52.4 Å². The third kappa shape index (κ3) is 4.44. The molecule has 12 aromatic rings. The Hall–Kier alpha value is -7.18. The van der Waals surface area contributed by atoms with Crippen LogP contribution in [0.5, 0.6) is 0 Å². The highest BCUT2D eigenvalue weighted by atomic mass is 16.3. The summed E-state index contributed by atoms with van der Waals surface area (Å²) in [7, 11) is 0. The topological polar surface area (TPSA) is 47.6 Å². The van der Waals surface area contributed by atoms with Crippen molar-refractivity contribution in [1.29, 1.82) is 0 Å². The molecule has 0 N–H and O–H groups in total. The van der Waals surface area contributed by atoms with Crippen molar-refractivity contribution in [2.24, 2.45) is 0 Å². The highest BCUT2D eigenvalue weighted by Gasteiger charge is 2.45. The molecule has 8 aromatic carbocycles. The van der Waals surface area contributed by atoms with Crippen LogP contribution in [0.15, 0.2) is 153 Å². The van der Waals surface area contributed by atoms with E-state index in [-0.39, 0.29) is 17.7 Å². The summed E-state index contributed by atoms with van der Waals surface area (Å²) in [6, 6.07) is 51.5. The quantitative estimate of drug-likeness (QED) is 0.155. The van der Waals surface area contributed by atoms with Crippen LogP contribution >= 0.6 is 0 Å². The lowest BCUT2D eigenvalue weighted by Gasteiger charge is -2.42. The van der Waals surface area contributed by atoms with Gasteiger partial charge in [0.15, 0.2) is 0 Å². The molecule has 0 fully saturated rings. The van der Waals surface area contributed by atoms with Crippen LogP contribution in [0.4, 0.5) is 11.4 Å². The molecule has 0 aliphatic carbocycles. The van der Waals surface area contributed by atoms with Gasteiger partial charge in [0.05, 0.1) is 11.0 Å². The fourth-order valence-corrected chi connectivity index (χ4v) is 11.0. The summed E-state index contributed by atoms with van der Waals surface area (Å²) in [5.41, 5.74) is 18.6. The number of rotatable bonds is 1. The molecule has 6 heterocycles. The van der Waals surface area contributed by atoms with Crippen LogP contribution in [0, 0.1) is 0 Å². The van der Waals surface area contributed by atoms with Crippen LogP contribution in [-0.4, -0.2) is 11.4 Å². The zero-order valence-corrected chi connectivity index (χ0v) is 35.5. The molecule has 14 rings (SSSR count). The second kappa shape index (κ2) is 11.4. The molecule has 6 heteroatoms. The third-order valence-electron chi connectivity index (χ3n) is 14.1. The first-order chi connectivity index (χ1) is 30.0. The van der Waals surface area contributed by atoms with Gasteiger partial charge in [-0.3, -0.25) is 0 Å². The molecular weight excluding hydrogens is 759 g/mol. The minimum absolute atomic E-state index is 0.00195. The first kappa shape index (κ1) is 34.5. The lowest BCUT2D eigenvalue weighted by atomic mass is 9.44. The Morgan fingerprint density at radius 2 is 0.984 bits per heavy atom. The monoisotopic (exact) mass is 800 g/mol. The SMILES string of the molecule is CC(C)(C)c1ccc(N2B3c4cc5oc6ccccc6c5cc4-n4c5cc6oc7ccccc7c6cc5c5ccc(c3c54)-c3cc4oc5cc(C(C)(C)C)ccc5c4cc32)cc1. The molecule has 62 heavy (non-hydrogen) atoms. The van der Waals surface area contributed by atoms with Gasteiger partial charge in [-0.15, -0.1) is 0 Å². The average Bonchev–Trinajstić information content (AvgIpc) is 4.01. The van der Waals surface area contributed by atoms with Crippen LogP contribution < -0.4 is 15.7 Å². The number of nitrogens with zero attached hydrogens (tertiary/aromatic N) is 2. The number of hydrogen-bond donors (Lipinski definition) is 0. The zero-order valence-electron chi connectivity index (χ0n) is 35.5. The standard InChI is InChI=1S/C56H41BN2O3/c1-55(2,3)30-15-18-32(19-16-30)59-45-25-41-35-20-17-31(56(4,5)6)23-49(35)62-50(41)27-39(45)36-21-22-37-38-24-40-33-11-7-9-13-47(33)61-52(40)29-44(38)58-46-26-42-34-12-8-10-14-48(34)60-51(42)28-43(46)57(59)53(36)54(37)58/h7-29H,1-6H3. The fraction of sp³-hybridized carbons (Fsp3) is 0.143. The number of anilines is 2. The summed E-state index contributed by atoms with van der Waals surface area (Å²) < 4.78 is 22.6. The molecule has 296 valence electrons. The number of fused-ring (bicyclic) bond motifs is 17. The average molecular weight is 801 g/mol. The molecule has 0 radical (unpaired) electrons. The molecule has 2 aliphatic heterocycles. The first-order valence-electron chi connectivity index (χ1n) is 21.8. The predicted molar refractivity (Wildman–Crippen MR) is 259 cm³/mol. The van der Waals surface area contributed by atoms with E-state index in [9.17, 15) is 0 Å². The van der Waals surface area contributed by atoms with E-state index < -0.39 is 0 Å². The van der Waals surface area contributed by atoms with Crippen LogP contribution in [0.1, 0.15) is 52.7 Å². The van der Waals surface area contributed by atoms with E-state index in [1.807, 2.05) is 6.07 Å². The Bertz CT molecular complexity index is 3960. The normalized spacial score (nSPS) is 13.9. The lowest BCUT2D eigenvalue weighted by molar-refractivity contribution is 0.587. The van der Waals surface area contributed by atoms with Crippen LogP contribution in [-0.2, 0) is 10.8 Å². The fourth-order valence-electron chi connectivity index (χ4n) is 11.0. The predicted octanol–water partition coefficient (Wildman–Crippen LogP) is 14.3. The first-order valence-corrected chi connectivity index (χ1v) is 21.8. The highest BCUT2D eigenvalue weighted by Crippen LogP contribution is 2.49. The Balaban J connectivity index is 1.15. The second-order valence-electron chi connectivity index (χ2n) is 19.7. The van der Waals surface area contributed by atoms with Gasteiger partial charge < -0.3 is 22.6 Å². The molecule has 0 saturated carbocycles. The van der Waals surface area contributed by atoms with Crippen molar-refractivity contribution in [2.75, 3.05) is 4.81 Å². The molecule has 0 saturated heterocycles. The van der Waals surface area contributed by atoms with Gasteiger partial charge >= 0.3 is 6.85 Å². The molecule has 0 amide bonds. The molecule has 0 atom stereocenters. The number of aromatic nitrogens is 1. The molecule has 2 aliphatic rings. The summed E-state index contributed by atoms with van der Waals surface area (Å²) >= 11 is 0. The maximum atomic E-state index is 6.82. The number of para-hydroxylation sites is 2. The molecule has 4 aromatic heterocycles. The van der Waals surface area contributed by atoms with E-state index in [0.717, 1.165) is 94.0 Å². The maximum absolute atomic E-state index is 6.82. The smallest absolute Gasteiger partial charge is 0.333 e. The number of furan rings is 3. The van der Waals surface area contributed by atoms with Crippen LogP contribution in [0.3, 0.4) is 0 Å². The molecule has 0 unspecified atom stereocenters. The Morgan fingerprint density at radius 1 is 0.419 bits per heavy atom. The number of benzene rings is 8. The van der Waals surface area contributed by atoms with E-state index in [0.29, 0.717) is 0 Å². The zero-order chi connectivity index (χ0) is 41.6. The summed E-state index contributed by atoms with van der Waals surface area (Å²) in [4.78, 5) is 2.60. The molecule has 0 bridgehead atoms. The van der Waals surface area contributed by atoms with Gasteiger partial charge in [0, 0.05) is 71.8 Å². The van der Waals surface area contributed by atoms with E-state index in [1.54, 1.807) is 0 Å². The summed E-state index contributed by atoms with van der Waals surface area (Å²) in [6.07, 6.45) is 0. The van der Waals surface area contributed by atoms with Gasteiger partial charge in [-0.2, -0.15) is 0 Å². The van der Waals surface area contributed by atoms with Gasteiger partial charge in [-0.25, -0.2) is 0 Å². The number of hydrogen-bond acceptors (Lipinski definition) is 4. The molecule has 0 spiro atoms.